The van der Waals surface area contributed by atoms with Crippen LogP contribution in [0.4, 0.5) is 21.8 Å². The Morgan fingerprint density at radius 2 is 1.96 bits per heavy atom. The van der Waals surface area contributed by atoms with Crippen LogP contribution in [0.3, 0.4) is 0 Å². The number of benzene rings is 1. The molecule has 2 aromatic rings. The SMILES string of the molecule is CNc1cc(C)nc(Nc2cc(F)c(OC)c(OCCCN3CCCC3)c2)n1. The zero-order valence-electron chi connectivity index (χ0n) is 16.7. The van der Waals surface area contributed by atoms with Crippen molar-refractivity contribution in [3.05, 3.63) is 29.7 Å². The Balaban J connectivity index is 1.69. The molecule has 0 spiro atoms. The summed E-state index contributed by atoms with van der Waals surface area (Å²) in [5.41, 5.74) is 1.30. The zero-order chi connectivity index (χ0) is 19.9. The van der Waals surface area contributed by atoms with Gasteiger partial charge in [-0.3, -0.25) is 0 Å². The molecule has 2 N–H and O–H groups in total. The van der Waals surface area contributed by atoms with Gasteiger partial charge in [-0.25, -0.2) is 9.37 Å². The van der Waals surface area contributed by atoms with E-state index >= 15 is 0 Å². The molecule has 1 aliphatic rings. The standard InChI is InChI=1S/C20H28FN5O2/c1-14-11-18(22-2)25-20(23-14)24-15-12-16(21)19(27-3)17(13-15)28-10-6-9-26-7-4-5-8-26/h11-13H,4-10H2,1-3H3,(H2,22,23,24,25). The number of nitrogens with one attached hydrogen (secondary N) is 2. The van der Waals surface area contributed by atoms with E-state index < -0.39 is 5.82 Å². The Labute approximate surface area is 165 Å². The second-order valence-corrected chi connectivity index (χ2v) is 6.83. The number of hydrogen-bond donors (Lipinski definition) is 2. The van der Waals surface area contributed by atoms with Gasteiger partial charge in [0.15, 0.2) is 17.3 Å². The quantitative estimate of drug-likeness (QED) is 0.635. The molecule has 0 unspecified atom stereocenters. The lowest BCUT2D eigenvalue weighted by atomic mass is 10.2. The molecule has 0 atom stereocenters. The predicted molar refractivity (Wildman–Crippen MR) is 108 cm³/mol. The molecule has 3 rings (SSSR count). The lowest BCUT2D eigenvalue weighted by Gasteiger charge is -2.16. The molecule has 152 valence electrons. The number of ether oxygens (including phenoxy) is 2. The molecule has 1 aliphatic heterocycles. The minimum Gasteiger partial charge on any atom is -0.490 e. The number of nitrogens with zero attached hydrogens (tertiary/aromatic N) is 3. The van der Waals surface area contributed by atoms with E-state index in [1.54, 1.807) is 13.1 Å². The maximum atomic E-state index is 14.5. The average Bonchev–Trinajstić information content (AvgIpc) is 3.18. The molecule has 2 heterocycles. The van der Waals surface area contributed by atoms with Gasteiger partial charge in [-0.15, -0.1) is 0 Å². The van der Waals surface area contributed by atoms with Crippen molar-refractivity contribution in [3.63, 3.8) is 0 Å². The molecule has 0 amide bonds. The maximum Gasteiger partial charge on any atom is 0.229 e. The average molecular weight is 389 g/mol. The third kappa shape index (κ3) is 5.22. The summed E-state index contributed by atoms with van der Waals surface area (Å²) in [4.78, 5) is 11.1. The fourth-order valence-corrected chi connectivity index (χ4v) is 3.30. The van der Waals surface area contributed by atoms with E-state index in [2.05, 4.69) is 25.5 Å². The molecule has 0 bridgehead atoms. The Morgan fingerprint density at radius 3 is 2.68 bits per heavy atom. The molecule has 0 radical (unpaired) electrons. The lowest BCUT2D eigenvalue weighted by molar-refractivity contribution is 0.251. The third-order valence-corrected chi connectivity index (χ3v) is 4.66. The van der Waals surface area contributed by atoms with Crippen molar-refractivity contribution in [2.75, 3.05) is 51.0 Å². The first kappa shape index (κ1) is 20.1. The van der Waals surface area contributed by atoms with E-state index in [0.717, 1.165) is 31.7 Å². The summed E-state index contributed by atoms with van der Waals surface area (Å²) in [6.07, 6.45) is 3.42. The van der Waals surface area contributed by atoms with Crippen molar-refractivity contribution in [3.8, 4) is 11.5 Å². The van der Waals surface area contributed by atoms with Gasteiger partial charge in [0.1, 0.15) is 5.82 Å². The van der Waals surface area contributed by atoms with Gasteiger partial charge in [0.25, 0.3) is 0 Å². The van der Waals surface area contributed by atoms with Crippen LogP contribution in [0.5, 0.6) is 11.5 Å². The number of hydrogen-bond acceptors (Lipinski definition) is 7. The minimum absolute atomic E-state index is 0.104. The summed E-state index contributed by atoms with van der Waals surface area (Å²) < 4.78 is 25.5. The lowest BCUT2D eigenvalue weighted by Crippen LogP contribution is -2.22. The molecule has 1 fully saturated rings. The van der Waals surface area contributed by atoms with Crippen LogP contribution in [-0.2, 0) is 0 Å². The number of anilines is 3. The van der Waals surface area contributed by atoms with Crippen LogP contribution in [-0.4, -0.2) is 55.3 Å². The summed E-state index contributed by atoms with van der Waals surface area (Å²) in [5.74, 6) is 1.04. The largest absolute Gasteiger partial charge is 0.490 e. The monoisotopic (exact) mass is 389 g/mol. The van der Waals surface area contributed by atoms with E-state index in [9.17, 15) is 4.39 Å². The molecule has 1 aromatic heterocycles. The predicted octanol–water partition coefficient (Wildman–Crippen LogP) is 3.58. The molecule has 1 aromatic carbocycles. The van der Waals surface area contributed by atoms with Crippen molar-refractivity contribution in [1.29, 1.82) is 0 Å². The maximum absolute atomic E-state index is 14.5. The topological polar surface area (TPSA) is 71.5 Å². The van der Waals surface area contributed by atoms with E-state index in [1.165, 1.54) is 26.0 Å². The Bertz CT molecular complexity index is 796. The number of aryl methyl sites for hydroxylation is 1. The van der Waals surface area contributed by atoms with Crippen LogP contribution >= 0.6 is 0 Å². The highest BCUT2D eigenvalue weighted by Gasteiger charge is 2.15. The van der Waals surface area contributed by atoms with E-state index in [1.807, 2.05) is 13.0 Å². The number of likely N-dealkylation sites (tertiary alicyclic amines) is 1. The highest BCUT2D eigenvalue weighted by molar-refractivity contribution is 5.61. The first-order chi connectivity index (χ1) is 13.6. The number of methoxy groups -OCH3 is 1. The van der Waals surface area contributed by atoms with Gasteiger partial charge in [0, 0.05) is 43.2 Å². The van der Waals surface area contributed by atoms with Crippen LogP contribution in [0, 0.1) is 12.7 Å². The van der Waals surface area contributed by atoms with Crippen molar-refractivity contribution < 1.29 is 13.9 Å². The molecular formula is C20H28FN5O2. The summed E-state index contributed by atoms with van der Waals surface area (Å²) in [6, 6.07) is 4.89. The number of aromatic nitrogens is 2. The van der Waals surface area contributed by atoms with Crippen molar-refractivity contribution in [2.45, 2.75) is 26.2 Å². The number of rotatable bonds is 9. The van der Waals surface area contributed by atoms with Gasteiger partial charge in [-0.2, -0.15) is 4.98 Å². The summed E-state index contributed by atoms with van der Waals surface area (Å²) >= 11 is 0. The Morgan fingerprint density at radius 1 is 1.18 bits per heavy atom. The van der Waals surface area contributed by atoms with Crippen LogP contribution in [0.25, 0.3) is 0 Å². The van der Waals surface area contributed by atoms with E-state index in [4.69, 9.17) is 9.47 Å². The van der Waals surface area contributed by atoms with Crippen molar-refractivity contribution in [1.82, 2.24) is 14.9 Å². The first-order valence-electron chi connectivity index (χ1n) is 9.62. The van der Waals surface area contributed by atoms with Crippen molar-refractivity contribution >= 4 is 17.5 Å². The number of halogens is 1. The van der Waals surface area contributed by atoms with Crippen LogP contribution < -0.4 is 20.1 Å². The van der Waals surface area contributed by atoms with Gasteiger partial charge in [0.2, 0.25) is 5.95 Å². The summed E-state index contributed by atoms with van der Waals surface area (Å²) in [5, 5.41) is 6.02. The van der Waals surface area contributed by atoms with Gasteiger partial charge in [-0.1, -0.05) is 0 Å². The fraction of sp³-hybridized carbons (Fsp3) is 0.500. The van der Waals surface area contributed by atoms with Crippen LogP contribution in [0.1, 0.15) is 25.0 Å². The second-order valence-electron chi connectivity index (χ2n) is 6.83. The first-order valence-corrected chi connectivity index (χ1v) is 9.62. The normalized spacial score (nSPS) is 14.1. The zero-order valence-corrected chi connectivity index (χ0v) is 16.7. The van der Waals surface area contributed by atoms with Gasteiger partial charge in [0.05, 0.1) is 13.7 Å². The molecular weight excluding hydrogens is 361 g/mol. The molecule has 28 heavy (non-hydrogen) atoms. The molecule has 7 nitrogen and oxygen atoms in total. The van der Waals surface area contributed by atoms with Crippen LogP contribution in [0.2, 0.25) is 0 Å². The van der Waals surface area contributed by atoms with Gasteiger partial charge < -0.3 is 25.0 Å². The molecule has 0 saturated carbocycles. The highest BCUT2D eigenvalue weighted by atomic mass is 19.1. The minimum atomic E-state index is -0.497. The second kappa shape index (κ2) is 9.54. The van der Waals surface area contributed by atoms with Gasteiger partial charge in [-0.05, 0) is 39.3 Å². The molecule has 8 heteroatoms. The fourth-order valence-electron chi connectivity index (χ4n) is 3.30. The highest BCUT2D eigenvalue weighted by Crippen LogP contribution is 2.34. The van der Waals surface area contributed by atoms with Crippen LogP contribution in [0.15, 0.2) is 18.2 Å². The third-order valence-electron chi connectivity index (χ3n) is 4.66. The molecule has 0 aliphatic carbocycles. The Kier molecular flexibility index (Phi) is 6.86. The Hall–Kier alpha value is -2.61. The van der Waals surface area contributed by atoms with Gasteiger partial charge >= 0.3 is 0 Å². The van der Waals surface area contributed by atoms with Crippen molar-refractivity contribution in [2.24, 2.45) is 0 Å². The summed E-state index contributed by atoms with van der Waals surface area (Å²) in [6.45, 7) is 5.68. The van der Waals surface area contributed by atoms with E-state index in [-0.39, 0.29) is 5.75 Å². The smallest absolute Gasteiger partial charge is 0.229 e. The van der Waals surface area contributed by atoms with E-state index in [0.29, 0.717) is 29.8 Å². The molecule has 1 saturated heterocycles. The summed E-state index contributed by atoms with van der Waals surface area (Å²) in [7, 11) is 3.22.